The average Bonchev–Trinajstić information content (AvgIpc) is 2.48. The standard InChI is InChI=1S/C8H6FIN2O/c1-13-4-2-5-7(6(9)3-4)11-12-8(5)10/h2-3H,1H3,(H,11,12). The molecular formula is C8H6FIN2O. The van der Waals surface area contributed by atoms with Gasteiger partial charge >= 0.3 is 0 Å². The van der Waals surface area contributed by atoms with Gasteiger partial charge in [0, 0.05) is 11.5 Å². The molecule has 2 rings (SSSR count). The van der Waals surface area contributed by atoms with E-state index in [0.717, 1.165) is 9.09 Å². The summed E-state index contributed by atoms with van der Waals surface area (Å²) in [6.07, 6.45) is 0. The van der Waals surface area contributed by atoms with Gasteiger partial charge in [-0.15, -0.1) is 0 Å². The molecule has 0 aliphatic carbocycles. The highest BCUT2D eigenvalue weighted by Gasteiger charge is 2.09. The number of aromatic nitrogens is 2. The Balaban J connectivity index is 2.80. The summed E-state index contributed by atoms with van der Waals surface area (Å²) >= 11 is 2.04. The number of H-pyrrole nitrogens is 1. The molecule has 2 aromatic rings. The summed E-state index contributed by atoms with van der Waals surface area (Å²) in [6, 6.07) is 3.08. The highest BCUT2D eigenvalue weighted by Crippen LogP contribution is 2.25. The summed E-state index contributed by atoms with van der Waals surface area (Å²) in [7, 11) is 1.51. The summed E-state index contributed by atoms with van der Waals surface area (Å²) < 4.78 is 19.0. The predicted octanol–water partition coefficient (Wildman–Crippen LogP) is 2.32. The minimum Gasteiger partial charge on any atom is -0.497 e. The third-order valence-corrected chi connectivity index (χ3v) is 2.61. The Morgan fingerprint density at radius 2 is 2.31 bits per heavy atom. The lowest BCUT2D eigenvalue weighted by molar-refractivity contribution is 0.412. The number of nitrogens with one attached hydrogen (secondary N) is 1. The Labute approximate surface area is 87.4 Å². The minimum atomic E-state index is -0.343. The number of ether oxygens (including phenoxy) is 1. The third kappa shape index (κ3) is 1.37. The van der Waals surface area contributed by atoms with Gasteiger partial charge in [-0.05, 0) is 28.7 Å². The molecule has 13 heavy (non-hydrogen) atoms. The van der Waals surface area contributed by atoms with Crippen LogP contribution in [0.5, 0.6) is 5.75 Å². The van der Waals surface area contributed by atoms with Crippen LogP contribution in [0.25, 0.3) is 10.9 Å². The lowest BCUT2D eigenvalue weighted by Crippen LogP contribution is -1.85. The zero-order valence-electron chi connectivity index (χ0n) is 6.77. The molecule has 1 heterocycles. The van der Waals surface area contributed by atoms with Crippen molar-refractivity contribution in [1.29, 1.82) is 0 Å². The molecule has 0 saturated carbocycles. The van der Waals surface area contributed by atoms with Crippen molar-refractivity contribution < 1.29 is 9.13 Å². The first-order chi connectivity index (χ1) is 6.22. The zero-order chi connectivity index (χ0) is 9.42. The van der Waals surface area contributed by atoms with Crippen LogP contribution in [0.2, 0.25) is 0 Å². The van der Waals surface area contributed by atoms with Gasteiger partial charge in [0.2, 0.25) is 0 Å². The molecule has 0 saturated heterocycles. The normalized spacial score (nSPS) is 10.7. The molecule has 1 aromatic carbocycles. The fourth-order valence-electron chi connectivity index (χ4n) is 1.14. The molecule has 0 aliphatic rings. The number of rotatable bonds is 1. The average molecular weight is 292 g/mol. The first kappa shape index (κ1) is 8.74. The Bertz CT molecular complexity index is 455. The second-order valence-corrected chi connectivity index (χ2v) is 3.57. The van der Waals surface area contributed by atoms with Crippen molar-refractivity contribution >= 4 is 33.5 Å². The first-order valence-corrected chi connectivity index (χ1v) is 4.67. The number of hydrogen-bond acceptors (Lipinski definition) is 2. The Morgan fingerprint density at radius 1 is 1.54 bits per heavy atom. The molecule has 0 aliphatic heterocycles. The first-order valence-electron chi connectivity index (χ1n) is 3.59. The molecule has 0 spiro atoms. The van der Waals surface area contributed by atoms with Crippen molar-refractivity contribution in [3.8, 4) is 5.75 Å². The van der Waals surface area contributed by atoms with E-state index in [0.29, 0.717) is 11.3 Å². The smallest absolute Gasteiger partial charge is 0.152 e. The molecule has 0 bridgehead atoms. The molecule has 5 heteroatoms. The molecule has 0 fully saturated rings. The summed E-state index contributed by atoms with van der Waals surface area (Å²) in [5.41, 5.74) is 0.421. The molecule has 0 amide bonds. The zero-order valence-corrected chi connectivity index (χ0v) is 8.92. The summed E-state index contributed by atoms with van der Waals surface area (Å²) in [5, 5.41) is 7.27. The van der Waals surface area contributed by atoms with Gasteiger partial charge in [0.25, 0.3) is 0 Å². The van der Waals surface area contributed by atoms with Gasteiger partial charge in [0.15, 0.2) is 5.82 Å². The number of aromatic amines is 1. The van der Waals surface area contributed by atoms with E-state index in [2.05, 4.69) is 10.2 Å². The van der Waals surface area contributed by atoms with E-state index in [1.54, 1.807) is 6.07 Å². The van der Waals surface area contributed by atoms with Crippen LogP contribution < -0.4 is 4.74 Å². The maximum absolute atomic E-state index is 13.3. The van der Waals surface area contributed by atoms with E-state index in [1.165, 1.54) is 13.2 Å². The molecular weight excluding hydrogens is 286 g/mol. The minimum absolute atomic E-state index is 0.343. The number of fused-ring (bicyclic) bond motifs is 1. The van der Waals surface area contributed by atoms with Gasteiger partial charge in [0.1, 0.15) is 15.0 Å². The Kier molecular flexibility index (Phi) is 2.10. The van der Waals surface area contributed by atoms with E-state index in [-0.39, 0.29) is 5.82 Å². The van der Waals surface area contributed by atoms with Crippen LogP contribution in [-0.4, -0.2) is 17.3 Å². The van der Waals surface area contributed by atoms with E-state index in [4.69, 9.17) is 4.74 Å². The fourth-order valence-corrected chi connectivity index (χ4v) is 1.69. The summed E-state index contributed by atoms with van der Waals surface area (Å²) in [5.74, 6) is 0.161. The predicted molar refractivity (Wildman–Crippen MR) is 55.3 cm³/mol. The van der Waals surface area contributed by atoms with Crippen molar-refractivity contribution in [2.24, 2.45) is 0 Å². The molecule has 1 aromatic heterocycles. The Morgan fingerprint density at radius 3 is 3.00 bits per heavy atom. The van der Waals surface area contributed by atoms with Gasteiger partial charge in [-0.3, -0.25) is 5.10 Å². The fraction of sp³-hybridized carbons (Fsp3) is 0.125. The number of halogens is 2. The van der Waals surface area contributed by atoms with E-state index < -0.39 is 0 Å². The number of hydrogen-bond donors (Lipinski definition) is 1. The monoisotopic (exact) mass is 292 g/mol. The van der Waals surface area contributed by atoms with Crippen LogP contribution in [0.4, 0.5) is 4.39 Å². The highest BCUT2D eigenvalue weighted by atomic mass is 127. The van der Waals surface area contributed by atoms with Crippen LogP contribution in [0, 0.1) is 9.52 Å². The molecule has 1 N–H and O–H groups in total. The highest BCUT2D eigenvalue weighted by molar-refractivity contribution is 14.1. The third-order valence-electron chi connectivity index (χ3n) is 1.79. The van der Waals surface area contributed by atoms with Crippen molar-refractivity contribution in [2.45, 2.75) is 0 Å². The van der Waals surface area contributed by atoms with E-state index in [9.17, 15) is 4.39 Å². The maximum atomic E-state index is 13.3. The van der Waals surface area contributed by atoms with Crippen LogP contribution in [0.1, 0.15) is 0 Å². The van der Waals surface area contributed by atoms with E-state index >= 15 is 0 Å². The molecule has 0 unspecified atom stereocenters. The van der Waals surface area contributed by atoms with Crippen LogP contribution in [0.15, 0.2) is 12.1 Å². The van der Waals surface area contributed by atoms with Crippen LogP contribution in [0.3, 0.4) is 0 Å². The maximum Gasteiger partial charge on any atom is 0.152 e. The SMILES string of the molecule is COc1cc(F)c2[nH]nc(I)c2c1. The van der Waals surface area contributed by atoms with Gasteiger partial charge in [0.05, 0.1) is 7.11 Å². The van der Waals surface area contributed by atoms with Crippen molar-refractivity contribution in [3.63, 3.8) is 0 Å². The second kappa shape index (κ2) is 3.13. The molecule has 0 radical (unpaired) electrons. The quantitative estimate of drug-likeness (QED) is 0.819. The van der Waals surface area contributed by atoms with Crippen molar-refractivity contribution in [1.82, 2.24) is 10.2 Å². The summed E-state index contributed by atoms with van der Waals surface area (Å²) in [6.45, 7) is 0. The van der Waals surface area contributed by atoms with Gasteiger partial charge in [-0.1, -0.05) is 0 Å². The molecule has 0 atom stereocenters. The lowest BCUT2D eigenvalue weighted by atomic mass is 10.2. The van der Waals surface area contributed by atoms with Crippen LogP contribution in [-0.2, 0) is 0 Å². The topological polar surface area (TPSA) is 37.9 Å². The largest absolute Gasteiger partial charge is 0.497 e. The number of nitrogens with zero attached hydrogens (tertiary/aromatic N) is 1. The molecule has 3 nitrogen and oxygen atoms in total. The Hall–Kier alpha value is -0.850. The number of methoxy groups -OCH3 is 1. The van der Waals surface area contributed by atoms with Crippen molar-refractivity contribution in [2.75, 3.05) is 7.11 Å². The van der Waals surface area contributed by atoms with Gasteiger partial charge in [-0.25, -0.2) is 4.39 Å². The summed E-state index contributed by atoms with van der Waals surface area (Å²) in [4.78, 5) is 0. The van der Waals surface area contributed by atoms with Crippen LogP contribution >= 0.6 is 22.6 Å². The molecule has 68 valence electrons. The second-order valence-electron chi connectivity index (χ2n) is 2.55. The van der Waals surface area contributed by atoms with E-state index in [1.807, 2.05) is 22.6 Å². The lowest BCUT2D eigenvalue weighted by Gasteiger charge is -1.99. The van der Waals surface area contributed by atoms with Gasteiger partial charge < -0.3 is 4.74 Å². The van der Waals surface area contributed by atoms with Crippen molar-refractivity contribution in [3.05, 3.63) is 21.7 Å². The van der Waals surface area contributed by atoms with Gasteiger partial charge in [-0.2, -0.15) is 5.10 Å². The number of benzene rings is 1.